The Labute approximate surface area is 174 Å². The molecule has 156 valence electrons. The SMILES string of the molecule is CCOc1ccc(-n2ccn(CC(=O)Nc3cccc(C(C)C)c3)c(=O)c2=O)cc1. The van der Waals surface area contributed by atoms with Crippen LogP contribution in [0.15, 0.2) is 70.5 Å². The highest BCUT2D eigenvalue weighted by molar-refractivity contribution is 5.90. The second-order valence-corrected chi connectivity index (χ2v) is 7.16. The Bertz CT molecular complexity index is 1140. The standard InChI is InChI=1S/C23H25N3O4/c1-4-30-20-10-8-19(9-11-20)26-13-12-25(22(28)23(26)29)15-21(27)24-18-7-5-6-17(14-18)16(2)3/h5-14,16H,4,15H2,1-3H3,(H,24,27). The van der Waals surface area contributed by atoms with E-state index in [1.54, 1.807) is 30.3 Å². The molecule has 30 heavy (non-hydrogen) atoms. The van der Waals surface area contributed by atoms with Crippen LogP contribution in [0.5, 0.6) is 5.75 Å². The molecule has 0 atom stereocenters. The van der Waals surface area contributed by atoms with Gasteiger partial charge in [-0.1, -0.05) is 26.0 Å². The van der Waals surface area contributed by atoms with Crippen molar-refractivity contribution in [3.05, 3.63) is 87.2 Å². The van der Waals surface area contributed by atoms with Crippen molar-refractivity contribution >= 4 is 11.6 Å². The molecule has 0 aliphatic rings. The van der Waals surface area contributed by atoms with Crippen molar-refractivity contribution in [1.82, 2.24) is 9.13 Å². The summed E-state index contributed by atoms with van der Waals surface area (Å²) in [4.78, 5) is 37.4. The van der Waals surface area contributed by atoms with Crippen molar-refractivity contribution < 1.29 is 9.53 Å². The zero-order valence-electron chi connectivity index (χ0n) is 17.3. The molecule has 0 unspecified atom stereocenters. The summed E-state index contributed by atoms with van der Waals surface area (Å²) in [5.74, 6) is 0.636. The molecule has 0 radical (unpaired) electrons. The Morgan fingerprint density at radius 2 is 1.77 bits per heavy atom. The van der Waals surface area contributed by atoms with Crippen LogP contribution < -0.4 is 21.2 Å². The van der Waals surface area contributed by atoms with E-state index >= 15 is 0 Å². The predicted molar refractivity (Wildman–Crippen MR) is 117 cm³/mol. The number of hydrogen-bond donors (Lipinski definition) is 1. The average molecular weight is 407 g/mol. The zero-order chi connectivity index (χ0) is 21.7. The first kappa shape index (κ1) is 21.1. The molecule has 1 aromatic heterocycles. The van der Waals surface area contributed by atoms with E-state index in [-0.39, 0.29) is 12.5 Å². The fraction of sp³-hybridized carbons (Fsp3) is 0.261. The Kier molecular flexibility index (Phi) is 6.51. The summed E-state index contributed by atoms with van der Waals surface area (Å²) in [7, 11) is 0. The molecule has 0 saturated heterocycles. The molecule has 1 N–H and O–H groups in total. The smallest absolute Gasteiger partial charge is 0.320 e. The molecule has 0 spiro atoms. The van der Waals surface area contributed by atoms with Crippen LogP contribution in [0.3, 0.4) is 0 Å². The van der Waals surface area contributed by atoms with Gasteiger partial charge in [-0.05, 0) is 54.8 Å². The van der Waals surface area contributed by atoms with Crippen LogP contribution in [-0.4, -0.2) is 21.6 Å². The quantitative estimate of drug-likeness (QED) is 0.610. The molecule has 0 aliphatic carbocycles. The Balaban J connectivity index is 1.77. The summed E-state index contributed by atoms with van der Waals surface area (Å²) in [5.41, 5.74) is 0.807. The van der Waals surface area contributed by atoms with Gasteiger partial charge in [-0.2, -0.15) is 0 Å². The third-order valence-electron chi connectivity index (χ3n) is 4.64. The van der Waals surface area contributed by atoms with E-state index in [1.807, 2.05) is 25.1 Å². The van der Waals surface area contributed by atoms with E-state index < -0.39 is 11.1 Å². The van der Waals surface area contributed by atoms with E-state index in [2.05, 4.69) is 19.2 Å². The topological polar surface area (TPSA) is 82.3 Å². The van der Waals surface area contributed by atoms with Gasteiger partial charge in [-0.15, -0.1) is 0 Å². The van der Waals surface area contributed by atoms with Crippen LogP contribution in [0.1, 0.15) is 32.3 Å². The van der Waals surface area contributed by atoms with Crippen molar-refractivity contribution in [3.8, 4) is 11.4 Å². The highest BCUT2D eigenvalue weighted by Crippen LogP contribution is 2.18. The largest absolute Gasteiger partial charge is 0.494 e. The van der Waals surface area contributed by atoms with Gasteiger partial charge in [0.1, 0.15) is 12.3 Å². The summed E-state index contributed by atoms with van der Waals surface area (Å²) in [6.07, 6.45) is 2.91. The van der Waals surface area contributed by atoms with Gasteiger partial charge in [0.05, 0.1) is 6.61 Å². The van der Waals surface area contributed by atoms with E-state index in [9.17, 15) is 14.4 Å². The Hall–Kier alpha value is -3.61. The molecule has 3 aromatic rings. The first-order chi connectivity index (χ1) is 14.4. The van der Waals surface area contributed by atoms with Crippen molar-refractivity contribution in [2.24, 2.45) is 0 Å². The van der Waals surface area contributed by atoms with Gasteiger partial charge >= 0.3 is 11.1 Å². The van der Waals surface area contributed by atoms with Gasteiger partial charge in [0.25, 0.3) is 0 Å². The first-order valence-corrected chi connectivity index (χ1v) is 9.84. The summed E-state index contributed by atoms with van der Waals surface area (Å²) < 4.78 is 7.74. The van der Waals surface area contributed by atoms with Crippen LogP contribution >= 0.6 is 0 Å². The first-order valence-electron chi connectivity index (χ1n) is 9.84. The number of rotatable bonds is 7. The minimum atomic E-state index is -0.766. The Morgan fingerprint density at radius 1 is 1.03 bits per heavy atom. The fourth-order valence-electron chi connectivity index (χ4n) is 3.04. The van der Waals surface area contributed by atoms with Gasteiger partial charge in [0.15, 0.2) is 0 Å². The number of benzene rings is 2. The van der Waals surface area contributed by atoms with E-state index in [0.29, 0.717) is 29.6 Å². The molecular formula is C23H25N3O4. The minimum absolute atomic E-state index is 0.246. The Morgan fingerprint density at radius 3 is 2.43 bits per heavy atom. The van der Waals surface area contributed by atoms with Crippen molar-refractivity contribution in [2.75, 3.05) is 11.9 Å². The molecule has 1 heterocycles. The molecule has 0 bridgehead atoms. The van der Waals surface area contributed by atoms with Crippen LogP contribution in [0.2, 0.25) is 0 Å². The van der Waals surface area contributed by atoms with Crippen LogP contribution in [-0.2, 0) is 11.3 Å². The lowest BCUT2D eigenvalue weighted by Gasteiger charge is -2.11. The number of aromatic nitrogens is 2. The molecule has 2 aromatic carbocycles. The number of amides is 1. The second-order valence-electron chi connectivity index (χ2n) is 7.16. The maximum atomic E-state index is 12.5. The number of nitrogens with zero attached hydrogens (tertiary/aromatic N) is 2. The van der Waals surface area contributed by atoms with Gasteiger partial charge in [-0.25, -0.2) is 0 Å². The van der Waals surface area contributed by atoms with Crippen LogP contribution in [0.25, 0.3) is 5.69 Å². The highest BCUT2D eigenvalue weighted by Gasteiger charge is 2.11. The maximum absolute atomic E-state index is 12.5. The minimum Gasteiger partial charge on any atom is -0.494 e. The van der Waals surface area contributed by atoms with Gasteiger partial charge in [0.2, 0.25) is 5.91 Å². The van der Waals surface area contributed by atoms with Crippen molar-refractivity contribution in [3.63, 3.8) is 0 Å². The van der Waals surface area contributed by atoms with E-state index in [1.165, 1.54) is 17.0 Å². The van der Waals surface area contributed by atoms with Gasteiger partial charge in [0, 0.05) is 23.8 Å². The molecule has 0 saturated carbocycles. The average Bonchev–Trinajstić information content (AvgIpc) is 2.73. The van der Waals surface area contributed by atoms with Gasteiger partial charge < -0.3 is 10.1 Å². The van der Waals surface area contributed by atoms with Crippen LogP contribution in [0, 0.1) is 0 Å². The molecule has 7 nitrogen and oxygen atoms in total. The maximum Gasteiger partial charge on any atom is 0.320 e. The second kappa shape index (κ2) is 9.26. The van der Waals surface area contributed by atoms with Gasteiger partial charge in [-0.3, -0.25) is 23.5 Å². The summed E-state index contributed by atoms with van der Waals surface area (Å²) >= 11 is 0. The van der Waals surface area contributed by atoms with E-state index in [4.69, 9.17) is 4.74 Å². The molecule has 0 aliphatic heterocycles. The molecule has 3 rings (SSSR count). The lowest BCUT2D eigenvalue weighted by atomic mass is 10.0. The van der Waals surface area contributed by atoms with Crippen molar-refractivity contribution in [1.29, 1.82) is 0 Å². The number of nitrogens with one attached hydrogen (secondary N) is 1. The summed E-state index contributed by atoms with van der Waals surface area (Å²) in [6, 6.07) is 14.4. The number of anilines is 1. The number of carbonyl (C=O) groups is 1. The zero-order valence-corrected chi connectivity index (χ0v) is 17.3. The molecule has 0 fully saturated rings. The molecule has 7 heteroatoms. The summed E-state index contributed by atoms with van der Waals surface area (Å²) in [6.45, 7) is 6.32. The number of hydrogen-bond acceptors (Lipinski definition) is 4. The lowest BCUT2D eigenvalue weighted by molar-refractivity contribution is -0.116. The highest BCUT2D eigenvalue weighted by atomic mass is 16.5. The number of carbonyl (C=O) groups excluding carboxylic acids is 1. The van der Waals surface area contributed by atoms with Crippen molar-refractivity contribution in [2.45, 2.75) is 33.2 Å². The third-order valence-corrected chi connectivity index (χ3v) is 4.64. The van der Waals surface area contributed by atoms with E-state index in [0.717, 1.165) is 10.1 Å². The lowest BCUT2D eigenvalue weighted by Crippen LogP contribution is -2.41. The number of ether oxygens (including phenoxy) is 1. The predicted octanol–water partition coefficient (Wildman–Crippen LogP) is 3.16. The summed E-state index contributed by atoms with van der Waals surface area (Å²) in [5, 5.41) is 2.78. The third kappa shape index (κ3) is 4.86. The molecular weight excluding hydrogens is 382 g/mol. The normalized spacial score (nSPS) is 10.8. The van der Waals surface area contributed by atoms with Crippen LogP contribution in [0.4, 0.5) is 5.69 Å². The fourth-order valence-corrected chi connectivity index (χ4v) is 3.04. The monoisotopic (exact) mass is 407 g/mol. The molecule has 1 amide bonds.